The molecule has 0 aliphatic rings. The number of alkyl halides is 3. The molecule has 0 saturated carbocycles. The van der Waals surface area contributed by atoms with Crippen LogP contribution in [-0.2, 0) is 0 Å². The Morgan fingerprint density at radius 2 is 1.75 bits per heavy atom. The van der Waals surface area contributed by atoms with Gasteiger partial charge in [0, 0.05) is 5.57 Å². The summed E-state index contributed by atoms with van der Waals surface area (Å²) >= 11 is 0. The smallest absolute Gasteiger partial charge is 0.412 e. The molecule has 1 aromatic carbocycles. The van der Waals surface area contributed by atoms with Crippen molar-refractivity contribution in [2.45, 2.75) is 13.1 Å². The maximum absolute atomic E-state index is 12.2. The molecular formula is C11H9F3O2. The van der Waals surface area contributed by atoms with Gasteiger partial charge in [-0.1, -0.05) is 12.1 Å². The van der Waals surface area contributed by atoms with Crippen molar-refractivity contribution in [3.05, 3.63) is 41.0 Å². The number of hydrogen-bond donors (Lipinski definition) is 1. The Labute approximate surface area is 90.0 Å². The minimum atomic E-state index is -4.36. The predicted molar refractivity (Wildman–Crippen MR) is 53.1 cm³/mol. The SMILES string of the molecule is C/C(=C/c1ccc(C(=O)O)cc1)C(F)(F)F. The summed E-state index contributed by atoms with van der Waals surface area (Å²) in [6.07, 6.45) is -3.39. The standard InChI is InChI=1S/C11H9F3O2/c1-7(11(12,13)14)6-8-2-4-9(5-3-8)10(15)16/h2-6H,1H3,(H,15,16)/b7-6-. The zero-order valence-corrected chi connectivity index (χ0v) is 8.38. The maximum Gasteiger partial charge on any atom is 0.412 e. The molecule has 0 saturated heterocycles. The number of hydrogen-bond acceptors (Lipinski definition) is 1. The zero-order chi connectivity index (χ0) is 12.3. The molecule has 1 N–H and O–H groups in total. The van der Waals surface area contributed by atoms with Gasteiger partial charge in [0.1, 0.15) is 0 Å². The largest absolute Gasteiger partial charge is 0.478 e. The van der Waals surface area contributed by atoms with Gasteiger partial charge in [-0.25, -0.2) is 4.79 Å². The first-order valence-electron chi connectivity index (χ1n) is 4.39. The summed E-state index contributed by atoms with van der Waals surface area (Å²) in [4.78, 5) is 10.5. The molecule has 2 nitrogen and oxygen atoms in total. The summed E-state index contributed by atoms with van der Waals surface area (Å²) in [5, 5.41) is 8.59. The Balaban J connectivity index is 2.96. The fourth-order valence-electron chi connectivity index (χ4n) is 1.05. The second kappa shape index (κ2) is 4.38. The van der Waals surface area contributed by atoms with Crippen LogP contribution in [0.25, 0.3) is 6.08 Å². The van der Waals surface area contributed by atoms with Crippen LogP contribution in [0.2, 0.25) is 0 Å². The molecule has 0 aliphatic heterocycles. The third-order valence-corrected chi connectivity index (χ3v) is 1.99. The lowest BCUT2D eigenvalue weighted by molar-refractivity contribution is -0.0903. The van der Waals surface area contributed by atoms with E-state index in [0.717, 1.165) is 13.0 Å². The van der Waals surface area contributed by atoms with Crippen LogP contribution < -0.4 is 0 Å². The van der Waals surface area contributed by atoms with E-state index in [0.29, 0.717) is 5.56 Å². The van der Waals surface area contributed by atoms with E-state index >= 15 is 0 Å². The van der Waals surface area contributed by atoms with Gasteiger partial charge in [0.25, 0.3) is 0 Å². The highest BCUT2D eigenvalue weighted by atomic mass is 19.4. The molecule has 1 aromatic rings. The molecule has 0 fully saturated rings. The molecule has 0 bridgehead atoms. The quantitative estimate of drug-likeness (QED) is 0.845. The van der Waals surface area contributed by atoms with E-state index < -0.39 is 17.7 Å². The lowest BCUT2D eigenvalue weighted by Crippen LogP contribution is -2.08. The Bertz CT molecular complexity index is 416. The van der Waals surface area contributed by atoms with Crippen LogP contribution in [0.4, 0.5) is 13.2 Å². The van der Waals surface area contributed by atoms with E-state index in [4.69, 9.17) is 5.11 Å². The summed E-state index contributed by atoms with van der Waals surface area (Å²) in [5.74, 6) is -1.11. The highest BCUT2D eigenvalue weighted by Gasteiger charge is 2.29. The molecule has 0 aromatic heterocycles. The monoisotopic (exact) mass is 230 g/mol. The zero-order valence-electron chi connectivity index (χ0n) is 8.38. The van der Waals surface area contributed by atoms with Crippen LogP contribution in [0.15, 0.2) is 29.8 Å². The molecule has 86 valence electrons. The van der Waals surface area contributed by atoms with Gasteiger partial charge in [-0.05, 0) is 30.7 Å². The lowest BCUT2D eigenvalue weighted by Gasteiger charge is -2.06. The van der Waals surface area contributed by atoms with Crippen molar-refractivity contribution >= 4 is 12.0 Å². The number of aromatic carboxylic acids is 1. The van der Waals surface area contributed by atoms with Gasteiger partial charge >= 0.3 is 12.1 Å². The lowest BCUT2D eigenvalue weighted by atomic mass is 10.1. The van der Waals surface area contributed by atoms with E-state index in [9.17, 15) is 18.0 Å². The molecule has 0 unspecified atom stereocenters. The average molecular weight is 230 g/mol. The first kappa shape index (κ1) is 12.3. The Morgan fingerprint density at radius 3 is 2.12 bits per heavy atom. The van der Waals surface area contributed by atoms with Crippen LogP contribution in [0, 0.1) is 0 Å². The molecule has 16 heavy (non-hydrogen) atoms. The minimum absolute atomic E-state index is 0.0433. The molecule has 0 heterocycles. The molecule has 0 atom stereocenters. The number of benzene rings is 1. The van der Waals surface area contributed by atoms with Gasteiger partial charge < -0.3 is 5.11 Å². The minimum Gasteiger partial charge on any atom is -0.478 e. The maximum atomic E-state index is 12.2. The number of carbonyl (C=O) groups is 1. The highest BCUT2D eigenvalue weighted by molar-refractivity contribution is 5.87. The Morgan fingerprint density at radius 1 is 1.25 bits per heavy atom. The second-order valence-corrected chi connectivity index (χ2v) is 3.25. The summed E-state index contributed by atoms with van der Waals surface area (Å²) in [5.41, 5.74) is -0.364. The molecule has 0 radical (unpaired) electrons. The first-order valence-corrected chi connectivity index (χ1v) is 4.39. The van der Waals surface area contributed by atoms with E-state index in [2.05, 4.69) is 0 Å². The third-order valence-electron chi connectivity index (χ3n) is 1.99. The Kier molecular flexibility index (Phi) is 3.37. The number of rotatable bonds is 2. The number of allylic oxidation sites excluding steroid dienone is 1. The van der Waals surface area contributed by atoms with Crippen molar-refractivity contribution in [2.75, 3.05) is 0 Å². The van der Waals surface area contributed by atoms with Crippen molar-refractivity contribution < 1.29 is 23.1 Å². The molecule has 5 heteroatoms. The molecule has 1 rings (SSSR count). The Hall–Kier alpha value is -1.78. The average Bonchev–Trinajstić information content (AvgIpc) is 2.17. The van der Waals surface area contributed by atoms with Crippen molar-refractivity contribution in [3.63, 3.8) is 0 Å². The van der Waals surface area contributed by atoms with Crippen LogP contribution in [0.1, 0.15) is 22.8 Å². The van der Waals surface area contributed by atoms with E-state index in [1.54, 1.807) is 0 Å². The first-order chi connectivity index (χ1) is 7.30. The van der Waals surface area contributed by atoms with Gasteiger partial charge in [0.05, 0.1) is 5.56 Å². The van der Waals surface area contributed by atoms with E-state index in [-0.39, 0.29) is 5.56 Å². The van der Waals surface area contributed by atoms with Gasteiger partial charge in [-0.3, -0.25) is 0 Å². The third kappa shape index (κ3) is 3.12. The van der Waals surface area contributed by atoms with Gasteiger partial charge in [-0.15, -0.1) is 0 Å². The van der Waals surface area contributed by atoms with Crippen molar-refractivity contribution in [1.29, 1.82) is 0 Å². The van der Waals surface area contributed by atoms with Gasteiger partial charge in [0.15, 0.2) is 0 Å². The number of carboxylic acid groups (broad SMARTS) is 1. The van der Waals surface area contributed by atoms with Crippen LogP contribution in [0.5, 0.6) is 0 Å². The fourth-order valence-corrected chi connectivity index (χ4v) is 1.05. The van der Waals surface area contributed by atoms with Gasteiger partial charge in [-0.2, -0.15) is 13.2 Å². The number of halogens is 3. The molecule has 0 spiro atoms. The van der Waals surface area contributed by atoms with Gasteiger partial charge in [0.2, 0.25) is 0 Å². The summed E-state index contributed by atoms with van der Waals surface area (Å²) in [6, 6.07) is 5.19. The van der Waals surface area contributed by atoms with Crippen molar-refractivity contribution in [1.82, 2.24) is 0 Å². The highest BCUT2D eigenvalue weighted by Crippen LogP contribution is 2.26. The molecular weight excluding hydrogens is 221 g/mol. The fraction of sp³-hybridized carbons (Fsp3) is 0.182. The van der Waals surface area contributed by atoms with Crippen LogP contribution >= 0.6 is 0 Å². The van der Waals surface area contributed by atoms with E-state index in [1.165, 1.54) is 24.3 Å². The molecule has 0 aliphatic carbocycles. The number of carboxylic acids is 1. The van der Waals surface area contributed by atoms with Crippen molar-refractivity contribution in [2.24, 2.45) is 0 Å². The topological polar surface area (TPSA) is 37.3 Å². The molecule has 0 amide bonds. The summed E-state index contributed by atoms with van der Waals surface area (Å²) in [7, 11) is 0. The summed E-state index contributed by atoms with van der Waals surface area (Å²) < 4.78 is 36.5. The predicted octanol–water partition coefficient (Wildman–Crippen LogP) is 3.35. The normalized spacial score (nSPS) is 12.6. The van der Waals surface area contributed by atoms with Crippen molar-refractivity contribution in [3.8, 4) is 0 Å². The van der Waals surface area contributed by atoms with E-state index in [1.807, 2.05) is 0 Å². The van der Waals surface area contributed by atoms with Crippen LogP contribution in [0.3, 0.4) is 0 Å². The summed E-state index contributed by atoms with van der Waals surface area (Å²) in [6.45, 7) is 0.963. The second-order valence-electron chi connectivity index (χ2n) is 3.25. The van der Waals surface area contributed by atoms with Crippen LogP contribution in [-0.4, -0.2) is 17.3 Å².